The highest BCUT2D eigenvalue weighted by Crippen LogP contribution is 2.36. The van der Waals surface area contributed by atoms with Crippen molar-refractivity contribution in [2.45, 2.75) is 19.8 Å². The van der Waals surface area contributed by atoms with Crippen molar-refractivity contribution in [2.75, 3.05) is 32.4 Å². The molecule has 0 N–H and O–H groups in total. The summed E-state index contributed by atoms with van der Waals surface area (Å²) in [5.41, 5.74) is 5.00. The largest absolute Gasteiger partial charge is 0.467 e. The number of anilines is 1. The monoisotopic (exact) mass is 351 g/mol. The number of hydrogen-bond donors (Lipinski definition) is 0. The zero-order valence-electron chi connectivity index (χ0n) is 15.6. The van der Waals surface area contributed by atoms with Gasteiger partial charge in [0.15, 0.2) is 12.6 Å². The quantitative estimate of drug-likeness (QED) is 0.441. The number of allylic oxidation sites excluding steroid dienone is 2. The van der Waals surface area contributed by atoms with Crippen LogP contribution in [-0.4, -0.2) is 33.3 Å². The van der Waals surface area contributed by atoms with Crippen molar-refractivity contribution < 1.29 is 14.3 Å². The van der Waals surface area contributed by atoms with Crippen LogP contribution in [0.1, 0.15) is 34.8 Å². The summed E-state index contributed by atoms with van der Waals surface area (Å²) in [6.45, 7) is 3.17. The molecule has 0 spiro atoms. The highest BCUT2D eigenvalue weighted by molar-refractivity contribution is 6.08. The van der Waals surface area contributed by atoms with Gasteiger partial charge in [0.1, 0.15) is 5.75 Å². The van der Waals surface area contributed by atoms with E-state index in [1.165, 1.54) is 11.3 Å². The third kappa shape index (κ3) is 3.97. The Morgan fingerprint density at radius 1 is 1.23 bits per heavy atom. The molecule has 0 atom stereocenters. The molecule has 0 aliphatic carbocycles. The molecule has 0 saturated heterocycles. The van der Waals surface area contributed by atoms with E-state index >= 15 is 0 Å². The molecule has 2 aromatic rings. The number of aryl methyl sites for hydroxylation is 1. The van der Waals surface area contributed by atoms with Crippen LogP contribution >= 0.6 is 0 Å². The van der Waals surface area contributed by atoms with E-state index in [0.29, 0.717) is 5.56 Å². The molecule has 136 valence electrons. The fourth-order valence-electron chi connectivity index (χ4n) is 3.31. The lowest BCUT2D eigenvalue weighted by Gasteiger charge is -2.29. The summed E-state index contributed by atoms with van der Waals surface area (Å²) < 4.78 is 10.9. The number of ketones is 1. The standard InChI is InChI=1S/C22H25NO3/c1-16(12-21(24)17-8-5-4-6-9-17)19-13-18-10-7-11-23(2)20(18)14-22(19)26-15-25-3/h4-6,8-9,12-14H,7,10-11,15H2,1-3H3/b16-12-. The molecular weight excluding hydrogens is 326 g/mol. The second-order valence-corrected chi connectivity index (χ2v) is 6.61. The highest BCUT2D eigenvalue weighted by atomic mass is 16.7. The number of fused-ring (bicyclic) bond motifs is 1. The summed E-state index contributed by atoms with van der Waals surface area (Å²) >= 11 is 0. The Bertz CT molecular complexity index is 812. The number of nitrogens with zero attached hydrogens (tertiary/aromatic N) is 1. The minimum absolute atomic E-state index is 0.00405. The molecule has 3 rings (SSSR count). The fourth-order valence-corrected chi connectivity index (χ4v) is 3.31. The summed E-state index contributed by atoms with van der Waals surface area (Å²) in [6.07, 6.45) is 3.85. The molecule has 0 amide bonds. The van der Waals surface area contributed by atoms with Gasteiger partial charge in [0.25, 0.3) is 0 Å². The smallest absolute Gasteiger partial charge is 0.188 e. The normalized spacial score (nSPS) is 14.1. The van der Waals surface area contributed by atoms with Gasteiger partial charge in [0.2, 0.25) is 0 Å². The summed E-state index contributed by atoms with van der Waals surface area (Å²) in [5, 5.41) is 0. The maximum absolute atomic E-state index is 12.5. The van der Waals surface area contributed by atoms with Gasteiger partial charge in [-0.15, -0.1) is 0 Å². The molecule has 1 aliphatic rings. The van der Waals surface area contributed by atoms with Gasteiger partial charge in [-0.3, -0.25) is 4.79 Å². The lowest BCUT2D eigenvalue weighted by molar-refractivity contribution is 0.0509. The van der Waals surface area contributed by atoms with E-state index in [1.54, 1.807) is 13.2 Å². The van der Waals surface area contributed by atoms with E-state index in [0.717, 1.165) is 36.3 Å². The van der Waals surface area contributed by atoms with Gasteiger partial charge in [-0.25, -0.2) is 0 Å². The Morgan fingerprint density at radius 3 is 2.73 bits per heavy atom. The Morgan fingerprint density at radius 2 is 2.00 bits per heavy atom. The van der Waals surface area contributed by atoms with Crippen LogP contribution in [0.2, 0.25) is 0 Å². The Labute approximate surface area is 155 Å². The third-order valence-corrected chi connectivity index (χ3v) is 4.69. The van der Waals surface area contributed by atoms with Crippen molar-refractivity contribution in [2.24, 2.45) is 0 Å². The molecule has 1 aliphatic heterocycles. The Hall–Kier alpha value is -2.59. The SMILES string of the molecule is COCOc1cc2c(cc1/C(C)=C\C(=O)c1ccccc1)CCCN2C. The van der Waals surface area contributed by atoms with Crippen LogP contribution in [0.25, 0.3) is 5.57 Å². The van der Waals surface area contributed by atoms with Crippen LogP contribution in [-0.2, 0) is 11.2 Å². The van der Waals surface area contributed by atoms with Crippen molar-refractivity contribution in [1.29, 1.82) is 0 Å². The molecule has 0 unspecified atom stereocenters. The number of methoxy groups -OCH3 is 1. The second-order valence-electron chi connectivity index (χ2n) is 6.61. The van der Waals surface area contributed by atoms with Crippen LogP contribution in [0.5, 0.6) is 5.75 Å². The molecule has 1 heterocycles. The van der Waals surface area contributed by atoms with E-state index in [9.17, 15) is 4.79 Å². The highest BCUT2D eigenvalue weighted by Gasteiger charge is 2.19. The molecule has 0 aromatic heterocycles. The van der Waals surface area contributed by atoms with Crippen molar-refractivity contribution in [3.63, 3.8) is 0 Å². The average Bonchev–Trinajstić information content (AvgIpc) is 2.66. The van der Waals surface area contributed by atoms with Crippen LogP contribution in [0, 0.1) is 0 Å². The molecular formula is C22H25NO3. The average molecular weight is 351 g/mol. The van der Waals surface area contributed by atoms with Crippen LogP contribution in [0.4, 0.5) is 5.69 Å². The van der Waals surface area contributed by atoms with Gasteiger partial charge in [-0.2, -0.15) is 0 Å². The molecule has 0 bridgehead atoms. The molecule has 26 heavy (non-hydrogen) atoms. The Kier molecular flexibility index (Phi) is 5.74. The predicted octanol–water partition coefficient (Wildman–Crippen LogP) is 4.34. The summed E-state index contributed by atoms with van der Waals surface area (Å²) in [7, 11) is 3.70. The third-order valence-electron chi connectivity index (χ3n) is 4.69. The van der Waals surface area contributed by atoms with Gasteiger partial charge >= 0.3 is 0 Å². The summed E-state index contributed by atoms with van der Waals surface area (Å²) in [5.74, 6) is 0.740. The van der Waals surface area contributed by atoms with Gasteiger partial charge in [-0.1, -0.05) is 30.3 Å². The van der Waals surface area contributed by atoms with Gasteiger partial charge in [0.05, 0.1) is 0 Å². The van der Waals surface area contributed by atoms with E-state index in [4.69, 9.17) is 9.47 Å². The number of carbonyl (C=O) groups excluding carboxylic acids is 1. The summed E-state index contributed by atoms with van der Waals surface area (Å²) in [6, 6.07) is 13.5. The Balaban J connectivity index is 1.98. The van der Waals surface area contributed by atoms with Crippen LogP contribution in [0.3, 0.4) is 0 Å². The van der Waals surface area contributed by atoms with E-state index in [1.807, 2.05) is 37.3 Å². The lowest BCUT2D eigenvalue weighted by Crippen LogP contribution is -2.25. The maximum Gasteiger partial charge on any atom is 0.188 e. The second kappa shape index (κ2) is 8.19. The first-order chi connectivity index (χ1) is 12.6. The first-order valence-corrected chi connectivity index (χ1v) is 8.88. The number of benzene rings is 2. The minimum Gasteiger partial charge on any atom is -0.467 e. The van der Waals surface area contributed by atoms with E-state index in [2.05, 4.69) is 24.1 Å². The van der Waals surface area contributed by atoms with Gasteiger partial charge in [-0.05, 0) is 43.0 Å². The number of hydrogen-bond acceptors (Lipinski definition) is 4. The minimum atomic E-state index is -0.00405. The van der Waals surface area contributed by atoms with Crippen molar-refractivity contribution in [1.82, 2.24) is 0 Å². The molecule has 0 fully saturated rings. The fraction of sp³-hybridized carbons (Fsp3) is 0.318. The van der Waals surface area contributed by atoms with Crippen molar-refractivity contribution >= 4 is 17.0 Å². The molecule has 0 radical (unpaired) electrons. The molecule has 2 aromatic carbocycles. The number of ether oxygens (including phenoxy) is 2. The van der Waals surface area contributed by atoms with Gasteiger partial charge in [0, 0.05) is 43.6 Å². The van der Waals surface area contributed by atoms with Gasteiger partial charge < -0.3 is 14.4 Å². The predicted molar refractivity (Wildman–Crippen MR) is 105 cm³/mol. The first kappa shape index (κ1) is 18.2. The van der Waals surface area contributed by atoms with Crippen molar-refractivity contribution in [3.05, 3.63) is 65.2 Å². The maximum atomic E-state index is 12.5. The molecule has 4 nitrogen and oxygen atoms in total. The van der Waals surface area contributed by atoms with Crippen LogP contribution < -0.4 is 9.64 Å². The summed E-state index contributed by atoms with van der Waals surface area (Å²) in [4.78, 5) is 14.8. The topological polar surface area (TPSA) is 38.8 Å². The van der Waals surface area contributed by atoms with E-state index in [-0.39, 0.29) is 12.6 Å². The zero-order valence-corrected chi connectivity index (χ0v) is 15.6. The molecule has 4 heteroatoms. The lowest BCUT2D eigenvalue weighted by atomic mass is 9.95. The van der Waals surface area contributed by atoms with E-state index < -0.39 is 0 Å². The van der Waals surface area contributed by atoms with Crippen molar-refractivity contribution in [3.8, 4) is 5.75 Å². The number of carbonyl (C=O) groups is 1. The molecule has 0 saturated carbocycles. The first-order valence-electron chi connectivity index (χ1n) is 8.88. The zero-order chi connectivity index (χ0) is 18.5. The van der Waals surface area contributed by atoms with Crippen LogP contribution in [0.15, 0.2) is 48.5 Å². The number of rotatable bonds is 6.